The Bertz CT molecular complexity index is 618. The van der Waals surface area contributed by atoms with E-state index in [2.05, 4.69) is 17.6 Å². The zero-order valence-corrected chi connectivity index (χ0v) is 12.5. The first kappa shape index (κ1) is 13.7. The Hall–Kier alpha value is -1.32. The Labute approximate surface area is 124 Å². The van der Waals surface area contributed by atoms with Crippen molar-refractivity contribution in [3.63, 3.8) is 0 Å². The number of hydrogen-bond acceptors (Lipinski definition) is 2. The molecule has 0 fully saturated rings. The summed E-state index contributed by atoms with van der Waals surface area (Å²) in [4.78, 5) is 4.74. The molecule has 0 saturated heterocycles. The van der Waals surface area contributed by atoms with Gasteiger partial charge in [-0.05, 0) is 50.3 Å². The van der Waals surface area contributed by atoms with Gasteiger partial charge in [0.15, 0.2) is 0 Å². The van der Waals surface area contributed by atoms with E-state index < -0.39 is 0 Å². The largest absolute Gasteiger partial charge is 0.328 e. The van der Waals surface area contributed by atoms with E-state index in [0.717, 1.165) is 29.3 Å². The van der Waals surface area contributed by atoms with Gasteiger partial charge in [0, 0.05) is 17.3 Å². The van der Waals surface area contributed by atoms with Crippen molar-refractivity contribution in [3.8, 4) is 0 Å². The summed E-state index contributed by atoms with van der Waals surface area (Å²) < 4.78 is 2.32. The van der Waals surface area contributed by atoms with Gasteiger partial charge >= 0.3 is 0 Å². The minimum Gasteiger partial charge on any atom is -0.328 e. The fourth-order valence-electron chi connectivity index (χ4n) is 3.22. The number of halogens is 1. The first-order valence-electron chi connectivity index (χ1n) is 7.23. The molecule has 0 bridgehead atoms. The molecule has 1 unspecified atom stereocenters. The summed E-state index contributed by atoms with van der Waals surface area (Å²) in [5, 5.41) is 0.757. The number of hydrogen-bond donors (Lipinski definition) is 1. The van der Waals surface area contributed by atoms with Gasteiger partial charge in [-0.3, -0.25) is 0 Å². The molecule has 0 spiro atoms. The topological polar surface area (TPSA) is 43.8 Å². The van der Waals surface area contributed by atoms with Gasteiger partial charge in [-0.15, -0.1) is 0 Å². The molecule has 1 aliphatic carbocycles. The van der Waals surface area contributed by atoms with Gasteiger partial charge in [0.2, 0.25) is 0 Å². The van der Waals surface area contributed by atoms with Gasteiger partial charge in [0.1, 0.15) is 5.82 Å². The molecule has 1 heterocycles. The molecule has 3 nitrogen and oxygen atoms in total. The predicted octanol–water partition coefficient (Wildman–Crippen LogP) is 3.27. The van der Waals surface area contributed by atoms with Crippen LogP contribution in [0.5, 0.6) is 0 Å². The Morgan fingerprint density at radius 2 is 2.15 bits per heavy atom. The van der Waals surface area contributed by atoms with E-state index in [4.69, 9.17) is 22.3 Å². The zero-order chi connectivity index (χ0) is 14.1. The molecule has 1 aromatic heterocycles. The fourth-order valence-corrected chi connectivity index (χ4v) is 3.41. The van der Waals surface area contributed by atoms with E-state index in [1.807, 2.05) is 18.2 Å². The molecule has 1 aromatic carbocycles. The third-order valence-electron chi connectivity index (χ3n) is 4.11. The molecule has 3 rings (SSSR count). The van der Waals surface area contributed by atoms with Crippen molar-refractivity contribution in [1.29, 1.82) is 0 Å². The van der Waals surface area contributed by atoms with Crippen molar-refractivity contribution >= 4 is 11.6 Å². The van der Waals surface area contributed by atoms with E-state index in [-0.39, 0.29) is 6.04 Å². The van der Waals surface area contributed by atoms with E-state index in [1.54, 1.807) is 0 Å². The van der Waals surface area contributed by atoms with Crippen molar-refractivity contribution < 1.29 is 0 Å². The van der Waals surface area contributed by atoms with Crippen LogP contribution in [-0.4, -0.2) is 16.1 Å². The summed E-state index contributed by atoms with van der Waals surface area (Å²) in [5.41, 5.74) is 9.84. The molecule has 20 heavy (non-hydrogen) atoms. The van der Waals surface area contributed by atoms with Gasteiger partial charge in [-0.1, -0.05) is 23.7 Å². The quantitative estimate of drug-likeness (QED) is 0.942. The molecule has 0 amide bonds. The molecule has 0 saturated carbocycles. The van der Waals surface area contributed by atoms with Crippen molar-refractivity contribution in [3.05, 3.63) is 52.1 Å². The highest BCUT2D eigenvalue weighted by molar-refractivity contribution is 6.30. The first-order chi connectivity index (χ1) is 9.70. The molecule has 106 valence electrons. The van der Waals surface area contributed by atoms with Gasteiger partial charge in [0.25, 0.3) is 0 Å². The SMILES string of the molecule is Cc1nc2c(n1C(CN)c1cccc(Cl)c1)CCCC2. The highest BCUT2D eigenvalue weighted by Crippen LogP contribution is 2.29. The van der Waals surface area contributed by atoms with Gasteiger partial charge in [0.05, 0.1) is 11.7 Å². The summed E-state index contributed by atoms with van der Waals surface area (Å²) >= 11 is 6.12. The maximum atomic E-state index is 6.12. The lowest BCUT2D eigenvalue weighted by Crippen LogP contribution is -2.24. The number of nitrogens with two attached hydrogens (primary N) is 1. The summed E-state index contributed by atoms with van der Waals surface area (Å²) in [6.07, 6.45) is 4.68. The lowest BCUT2D eigenvalue weighted by molar-refractivity contribution is 0.537. The number of nitrogens with zero attached hydrogens (tertiary/aromatic N) is 2. The zero-order valence-electron chi connectivity index (χ0n) is 11.8. The summed E-state index contributed by atoms with van der Waals surface area (Å²) in [5.74, 6) is 1.06. The Balaban J connectivity index is 2.08. The molecule has 2 N–H and O–H groups in total. The van der Waals surface area contributed by atoms with Crippen LogP contribution < -0.4 is 5.73 Å². The summed E-state index contributed by atoms with van der Waals surface area (Å²) in [6, 6.07) is 8.11. The second-order valence-electron chi connectivity index (χ2n) is 5.44. The molecular formula is C16H20ClN3. The average Bonchev–Trinajstić information content (AvgIpc) is 2.77. The highest BCUT2D eigenvalue weighted by Gasteiger charge is 2.23. The number of imidazole rings is 1. The van der Waals surface area contributed by atoms with Crippen LogP contribution in [0.4, 0.5) is 0 Å². The average molecular weight is 290 g/mol. The fraction of sp³-hybridized carbons (Fsp3) is 0.438. The predicted molar refractivity (Wildman–Crippen MR) is 82.3 cm³/mol. The van der Waals surface area contributed by atoms with Crippen LogP contribution in [0, 0.1) is 6.92 Å². The minimum absolute atomic E-state index is 0.128. The molecule has 0 aliphatic heterocycles. The lowest BCUT2D eigenvalue weighted by atomic mass is 9.99. The molecular weight excluding hydrogens is 270 g/mol. The maximum absolute atomic E-state index is 6.12. The van der Waals surface area contributed by atoms with Crippen LogP contribution >= 0.6 is 11.6 Å². The van der Waals surface area contributed by atoms with Crippen LogP contribution in [-0.2, 0) is 12.8 Å². The molecule has 1 atom stereocenters. The monoisotopic (exact) mass is 289 g/mol. The van der Waals surface area contributed by atoms with Gasteiger partial charge < -0.3 is 10.3 Å². The molecule has 0 radical (unpaired) electrons. The van der Waals surface area contributed by atoms with Crippen molar-refractivity contribution in [2.75, 3.05) is 6.54 Å². The van der Waals surface area contributed by atoms with Crippen molar-refractivity contribution in [2.24, 2.45) is 5.73 Å². The van der Waals surface area contributed by atoms with Crippen molar-refractivity contribution in [1.82, 2.24) is 9.55 Å². The number of benzene rings is 1. The number of rotatable bonds is 3. The Morgan fingerprint density at radius 3 is 2.90 bits per heavy atom. The smallest absolute Gasteiger partial charge is 0.106 e. The Kier molecular flexibility index (Phi) is 3.81. The number of aryl methyl sites for hydroxylation is 2. The summed E-state index contributed by atoms with van der Waals surface area (Å²) in [6.45, 7) is 2.63. The molecule has 4 heteroatoms. The van der Waals surface area contributed by atoms with E-state index in [9.17, 15) is 0 Å². The van der Waals surface area contributed by atoms with Gasteiger partial charge in [-0.25, -0.2) is 4.98 Å². The number of aromatic nitrogens is 2. The summed E-state index contributed by atoms with van der Waals surface area (Å²) in [7, 11) is 0. The van der Waals surface area contributed by atoms with Gasteiger partial charge in [-0.2, -0.15) is 0 Å². The van der Waals surface area contributed by atoms with E-state index >= 15 is 0 Å². The molecule has 1 aliphatic rings. The van der Waals surface area contributed by atoms with E-state index in [1.165, 1.54) is 24.2 Å². The number of fused-ring (bicyclic) bond motifs is 1. The van der Waals surface area contributed by atoms with Crippen LogP contribution in [0.3, 0.4) is 0 Å². The van der Waals surface area contributed by atoms with Crippen LogP contribution in [0.2, 0.25) is 5.02 Å². The lowest BCUT2D eigenvalue weighted by Gasteiger charge is -2.23. The second-order valence-corrected chi connectivity index (χ2v) is 5.87. The standard InChI is InChI=1S/C16H20ClN3/c1-11-19-14-7-2-3-8-15(14)20(11)16(10-18)12-5-4-6-13(17)9-12/h4-6,9,16H,2-3,7-8,10,18H2,1H3. The maximum Gasteiger partial charge on any atom is 0.106 e. The first-order valence-corrected chi connectivity index (χ1v) is 7.60. The van der Waals surface area contributed by atoms with Crippen LogP contribution in [0.25, 0.3) is 0 Å². The highest BCUT2D eigenvalue weighted by atomic mass is 35.5. The Morgan fingerprint density at radius 1 is 1.35 bits per heavy atom. The third kappa shape index (κ3) is 2.36. The third-order valence-corrected chi connectivity index (χ3v) is 4.35. The van der Waals surface area contributed by atoms with Crippen molar-refractivity contribution in [2.45, 2.75) is 38.6 Å². The minimum atomic E-state index is 0.128. The second kappa shape index (κ2) is 5.58. The van der Waals surface area contributed by atoms with E-state index in [0.29, 0.717) is 6.54 Å². The van der Waals surface area contributed by atoms with Crippen LogP contribution in [0.1, 0.15) is 41.7 Å². The normalized spacial score (nSPS) is 15.9. The molecule has 2 aromatic rings. The van der Waals surface area contributed by atoms with Crippen LogP contribution in [0.15, 0.2) is 24.3 Å².